The molecule has 1 fully saturated rings. The zero-order chi connectivity index (χ0) is 12.8. The zero-order valence-corrected chi connectivity index (χ0v) is 10.8. The van der Waals surface area contributed by atoms with Crippen molar-refractivity contribution in [3.8, 4) is 6.07 Å². The summed E-state index contributed by atoms with van der Waals surface area (Å²) in [7, 11) is 0. The van der Waals surface area contributed by atoms with E-state index in [9.17, 15) is 5.26 Å². The molecule has 3 nitrogen and oxygen atoms in total. The van der Waals surface area contributed by atoms with Crippen molar-refractivity contribution < 1.29 is 4.74 Å². The molecule has 3 unspecified atom stereocenters. The highest BCUT2D eigenvalue weighted by Gasteiger charge is 2.22. The van der Waals surface area contributed by atoms with Crippen molar-refractivity contribution in [1.82, 2.24) is 5.32 Å². The number of nitriles is 1. The van der Waals surface area contributed by atoms with Gasteiger partial charge in [-0.3, -0.25) is 0 Å². The van der Waals surface area contributed by atoms with Crippen molar-refractivity contribution in [2.24, 2.45) is 5.92 Å². The van der Waals surface area contributed by atoms with Crippen LogP contribution in [0.4, 0.5) is 0 Å². The monoisotopic (exact) mass is 244 g/mol. The maximum Gasteiger partial charge on any atom is 0.0837 e. The van der Waals surface area contributed by atoms with E-state index >= 15 is 0 Å². The Morgan fingerprint density at radius 2 is 2.22 bits per heavy atom. The summed E-state index contributed by atoms with van der Waals surface area (Å²) in [5.74, 6) is 0.510. The van der Waals surface area contributed by atoms with E-state index in [0.717, 1.165) is 25.2 Å². The smallest absolute Gasteiger partial charge is 0.0837 e. The van der Waals surface area contributed by atoms with E-state index in [1.54, 1.807) is 0 Å². The van der Waals surface area contributed by atoms with E-state index in [-0.39, 0.29) is 5.92 Å². The number of nitrogens with one attached hydrogen (secondary N) is 1. The van der Waals surface area contributed by atoms with Gasteiger partial charge in [0.05, 0.1) is 18.6 Å². The number of rotatable bonds is 5. The molecular formula is C15H20N2O. The fraction of sp³-hybridized carbons (Fsp3) is 0.533. The second kappa shape index (κ2) is 6.53. The van der Waals surface area contributed by atoms with Crippen LogP contribution < -0.4 is 5.32 Å². The second-order valence-electron chi connectivity index (χ2n) is 4.91. The van der Waals surface area contributed by atoms with Crippen LogP contribution >= 0.6 is 0 Å². The molecule has 0 bridgehead atoms. The average molecular weight is 244 g/mol. The number of ether oxygens (including phenoxy) is 1. The molecule has 0 saturated carbocycles. The van der Waals surface area contributed by atoms with Crippen molar-refractivity contribution in [2.45, 2.75) is 25.3 Å². The first-order valence-corrected chi connectivity index (χ1v) is 6.57. The van der Waals surface area contributed by atoms with Gasteiger partial charge in [0, 0.05) is 19.2 Å². The Hall–Kier alpha value is -1.37. The van der Waals surface area contributed by atoms with Gasteiger partial charge in [-0.1, -0.05) is 30.3 Å². The van der Waals surface area contributed by atoms with Gasteiger partial charge >= 0.3 is 0 Å². The van der Waals surface area contributed by atoms with Crippen LogP contribution in [0.3, 0.4) is 0 Å². The Kier molecular flexibility index (Phi) is 4.74. The number of hydrogen-bond donors (Lipinski definition) is 1. The predicted molar refractivity (Wildman–Crippen MR) is 71.2 cm³/mol. The maximum atomic E-state index is 9.24. The molecular weight excluding hydrogens is 224 g/mol. The highest BCUT2D eigenvalue weighted by atomic mass is 16.5. The topological polar surface area (TPSA) is 45.0 Å². The zero-order valence-electron chi connectivity index (χ0n) is 10.8. The number of benzene rings is 1. The Morgan fingerprint density at radius 1 is 1.44 bits per heavy atom. The second-order valence-corrected chi connectivity index (χ2v) is 4.91. The first-order valence-electron chi connectivity index (χ1n) is 6.57. The molecule has 0 spiro atoms. The molecule has 1 saturated heterocycles. The minimum absolute atomic E-state index is 0.0732. The molecule has 2 rings (SSSR count). The van der Waals surface area contributed by atoms with E-state index in [2.05, 4.69) is 18.3 Å². The van der Waals surface area contributed by atoms with Crippen LogP contribution in [-0.2, 0) is 4.74 Å². The fourth-order valence-corrected chi connectivity index (χ4v) is 2.34. The van der Waals surface area contributed by atoms with Gasteiger partial charge in [0.15, 0.2) is 0 Å². The van der Waals surface area contributed by atoms with Gasteiger partial charge in [0.1, 0.15) is 0 Å². The molecule has 1 aliphatic heterocycles. The summed E-state index contributed by atoms with van der Waals surface area (Å²) in [5.41, 5.74) is 1.09. The Balaban J connectivity index is 1.86. The van der Waals surface area contributed by atoms with Crippen molar-refractivity contribution in [3.63, 3.8) is 0 Å². The van der Waals surface area contributed by atoms with Crippen LogP contribution in [0, 0.1) is 17.2 Å². The SMILES string of the molecule is CC(NCC(C#N)c1ccccc1)C1CCOC1. The van der Waals surface area contributed by atoms with Gasteiger partial charge in [-0.2, -0.15) is 5.26 Å². The lowest BCUT2D eigenvalue weighted by molar-refractivity contribution is 0.178. The first kappa shape index (κ1) is 13.1. The summed E-state index contributed by atoms with van der Waals surface area (Å²) in [6, 6.07) is 12.7. The van der Waals surface area contributed by atoms with Gasteiger partial charge in [-0.05, 0) is 24.8 Å². The van der Waals surface area contributed by atoms with Crippen molar-refractivity contribution >= 4 is 0 Å². The molecule has 1 aromatic rings. The van der Waals surface area contributed by atoms with Crippen molar-refractivity contribution in [2.75, 3.05) is 19.8 Å². The third kappa shape index (κ3) is 3.32. The van der Waals surface area contributed by atoms with Gasteiger partial charge in [-0.25, -0.2) is 0 Å². The van der Waals surface area contributed by atoms with Crippen LogP contribution in [0.15, 0.2) is 30.3 Å². The molecule has 0 aliphatic carbocycles. The van der Waals surface area contributed by atoms with Crippen LogP contribution in [0.5, 0.6) is 0 Å². The molecule has 0 radical (unpaired) electrons. The first-order chi connectivity index (χ1) is 8.81. The van der Waals surface area contributed by atoms with Gasteiger partial charge in [0.25, 0.3) is 0 Å². The molecule has 1 aliphatic rings. The third-order valence-corrected chi connectivity index (χ3v) is 3.67. The summed E-state index contributed by atoms with van der Waals surface area (Å²) in [6.07, 6.45) is 1.12. The van der Waals surface area contributed by atoms with Crippen molar-refractivity contribution in [1.29, 1.82) is 5.26 Å². The standard InChI is InChI=1S/C15H20N2O/c1-12(14-7-8-18-11-14)17-10-15(9-16)13-5-3-2-4-6-13/h2-6,12,14-15,17H,7-8,10-11H2,1H3. The molecule has 1 heterocycles. The van der Waals surface area contributed by atoms with E-state index in [1.165, 1.54) is 0 Å². The molecule has 1 N–H and O–H groups in total. The van der Waals surface area contributed by atoms with Crippen LogP contribution in [-0.4, -0.2) is 25.8 Å². The highest BCUT2D eigenvalue weighted by molar-refractivity contribution is 5.25. The summed E-state index contributed by atoms with van der Waals surface area (Å²) < 4.78 is 5.39. The van der Waals surface area contributed by atoms with Gasteiger partial charge in [0.2, 0.25) is 0 Å². The van der Waals surface area contributed by atoms with Crippen LogP contribution in [0.1, 0.15) is 24.8 Å². The minimum atomic E-state index is -0.0732. The molecule has 0 amide bonds. The predicted octanol–water partition coefficient (Wildman–Crippen LogP) is 2.31. The maximum absolute atomic E-state index is 9.24. The molecule has 1 aromatic carbocycles. The lowest BCUT2D eigenvalue weighted by atomic mass is 9.97. The third-order valence-electron chi connectivity index (χ3n) is 3.67. The quantitative estimate of drug-likeness (QED) is 0.864. The summed E-state index contributed by atoms with van der Waals surface area (Å²) in [6.45, 7) is 4.60. The summed E-state index contributed by atoms with van der Waals surface area (Å²) >= 11 is 0. The molecule has 96 valence electrons. The van der Waals surface area contributed by atoms with E-state index in [0.29, 0.717) is 18.5 Å². The Bertz CT molecular complexity index is 393. The fourth-order valence-electron chi connectivity index (χ4n) is 2.34. The van der Waals surface area contributed by atoms with E-state index < -0.39 is 0 Å². The lowest BCUT2D eigenvalue weighted by Gasteiger charge is -2.21. The summed E-state index contributed by atoms with van der Waals surface area (Å²) in [4.78, 5) is 0. The van der Waals surface area contributed by atoms with E-state index in [4.69, 9.17) is 4.74 Å². The number of hydrogen-bond acceptors (Lipinski definition) is 3. The van der Waals surface area contributed by atoms with Crippen molar-refractivity contribution in [3.05, 3.63) is 35.9 Å². The minimum Gasteiger partial charge on any atom is -0.381 e. The molecule has 3 heteroatoms. The lowest BCUT2D eigenvalue weighted by Crippen LogP contribution is -2.36. The molecule has 0 aromatic heterocycles. The molecule has 3 atom stereocenters. The van der Waals surface area contributed by atoms with E-state index in [1.807, 2.05) is 30.3 Å². The number of nitrogens with zero attached hydrogens (tertiary/aromatic N) is 1. The van der Waals surface area contributed by atoms with Gasteiger partial charge in [-0.15, -0.1) is 0 Å². The Morgan fingerprint density at radius 3 is 2.83 bits per heavy atom. The van der Waals surface area contributed by atoms with Crippen LogP contribution in [0.2, 0.25) is 0 Å². The normalized spacial score (nSPS) is 22.3. The van der Waals surface area contributed by atoms with Crippen LogP contribution in [0.25, 0.3) is 0 Å². The largest absolute Gasteiger partial charge is 0.381 e. The molecule has 18 heavy (non-hydrogen) atoms. The average Bonchev–Trinajstić information content (AvgIpc) is 2.94. The summed E-state index contributed by atoms with van der Waals surface area (Å²) in [5, 5.41) is 12.7. The highest BCUT2D eigenvalue weighted by Crippen LogP contribution is 2.18. The Labute approximate surface area is 109 Å². The van der Waals surface area contributed by atoms with Gasteiger partial charge < -0.3 is 10.1 Å².